The van der Waals surface area contributed by atoms with E-state index in [9.17, 15) is 9.59 Å². The summed E-state index contributed by atoms with van der Waals surface area (Å²) in [6.45, 7) is 3.05. The van der Waals surface area contributed by atoms with Gasteiger partial charge in [-0.2, -0.15) is 0 Å². The van der Waals surface area contributed by atoms with E-state index in [-0.39, 0.29) is 18.4 Å². The van der Waals surface area contributed by atoms with Gasteiger partial charge in [0.2, 0.25) is 5.91 Å². The van der Waals surface area contributed by atoms with Crippen molar-refractivity contribution in [2.24, 2.45) is 0 Å². The van der Waals surface area contributed by atoms with Crippen molar-refractivity contribution in [3.05, 3.63) is 83.9 Å². The zero-order valence-corrected chi connectivity index (χ0v) is 18.2. The van der Waals surface area contributed by atoms with Crippen LogP contribution in [0.4, 0.5) is 17.1 Å². The molecule has 2 amide bonds. The van der Waals surface area contributed by atoms with Gasteiger partial charge >= 0.3 is 0 Å². The van der Waals surface area contributed by atoms with E-state index < -0.39 is 0 Å². The van der Waals surface area contributed by atoms with Gasteiger partial charge in [0.25, 0.3) is 5.91 Å². The summed E-state index contributed by atoms with van der Waals surface area (Å²) in [6.07, 6.45) is 0. The number of aryl methyl sites for hydroxylation is 1. The van der Waals surface area contributed by atoms with Crippen molar-refractivity contribution in [2.75, 3.05) is 42.8 Å². The number of hydrogen-bond donors (Lipinski definition) is 3. The van der Waals surface area contributed by atoms with Gasteiger partial charge in [0.05, 0.1) is 13.2 Å². The van der Waals surface area contributed by atoms with Crippen LogP contribution < -0.4 is 20.7 Å². The lowest BCUT2D eigenvalue weighted by Crippen LogP contribution is -2.21. The van der Waals surface area contributed by atoms with Gasteiger partial charge in [-0.05, 0) is 67.6 Å². The van der Waals surface area contributed by atoms with Crippen molar-refractivity contribution in [3.63, 3.8) is 0 Å². The van der Waals surface area contributed by atoms with Crippen molar-refractivity contribution in [1.82, 2.24) is 0 Å². The SMILES string of the molecule is COCCOc1ccc(NC(=O)CNc2ccc(NC(=O)c3cccc(C)c3)cc2)cc1. The molecule has 0 aliphatic heterocycles. The fraction of sp³-hybridized carbons (Fsp3) is 0.200. The van der Waals surface area contributed by atoms with E-state index in [2.05, 4.69) is 16.0 Å². The second kappa shape index (κ2) is 11.5. The standard InChI is InChI=1S/C25H27N3O4/c1-18-4-3-5-19(16-18)25(30)28-22-8-6-20(7-9-22)26-17-24(29)27-21-10-12-23(13-11-21)32-15-14-31-2/h3-13,16,26H,14-15,17H2,1-2H3,(H,27,29)(H,28,30). The number of amides is 2. The third kappa shape index (κ3) is 7.14. The molecule has 0 fully saturated rings. The number of rotatable bonds is 10. The topological polar surface area (TPSA) is 88.7 Å². The molecule has 0 aliphatic carbocycles. The third-order valence-corrected chi connectivity index (χ3v) is 4.57. The summed E-state index contributed by atoms with van der Waals surface area (Å²) in [6, 6.07) is 21.8. The van der Waals surface area contributed by atoms with Gasteiger partial charge in [0, 0.05) is 29.7 Å². The van der Waals surface area contributed by atoms with Gasteiger partial charge in [0.15, 0.2) is 0 Å². The van der Waals surface area contributed by atoms with Gasteiger partial charge in [-0.1, -0.05) is 17.7 Å². The van der Waals surface area contributed by atoms with Crippen LogP contribution in [-0.2, 0) is 9.53 Å². The lowest BCUT2D eigenvalue weighted by Gasteiger charge is -2.10. The largest absolute Gasteiger partial charge is 0.491 e. The fourth-order valence-corrected chi connectivity index (χ4v) is 2.93. The Kier molecular flexibility index (Phi) is 8.22. The molecule has 0 radical (unpaired) electrons. The third-order valence-electron chi connectivity index (χ3n) is 4.57. The Morgan fingerprint density at radius 3 is 2.16 bits per heavy atom. The zero-order chi connectivity index (χ0) is 22.8. The summed E-state index contributed by atoms with van der Waals surface area (Å²) in [5.41, 5.74) is 3.78. The van der Waals surface area contributed by atoms with Crippen molar-refractivity contribution >= 4 is 28.9 Å². The van der Waals surface area contributed by atoms with E-state index in [0.717, 1.165) is 11.3 Å². The second-order valence-corrected chi connectivity index (χ2v) is 7.17. The van der Waals surface area contributed by atoms with Crippen LogP contribution in [-0.4, -0.2) is 38.7 Å². The van der Waals surface area contributed by atoms with Crippen LogP contribution in [0.3, 0.4) is 0 Å². The van der Waals surface area contributed by atoms with Crippen LogP contribution in [0, 0.1) is 6.92 Å². The molecular formula is C25H27N3O4. The fourth-order valence-electron chi connectivity index (χ4n) is 2.93. The smallest absolute Gasteiger partial charge is 0.255 e. The molecule has 0 saturated heterocycles. The molecule has 0 spiro atoms. The first kappa shape index (κ1) is 22.8. The monoisotopic (exact) mass is 433 g/mol. The molecule has 3 rings (SSSR count). The van der Waals surface area contributed by atoms with E-state index in [1.54, 1.807) is 49.6 Å². The van der Waals surface area contributed by atoms with Gasteiger partial charge < -0.3 is 25.4 Å². The molecule has 0 aromatic heterocycles. The maximum Gasteiger partial charge on any atom is 0.255 e. The van der Waals surface area contributed by atoms with Crippen LogP contribution in [0.1, 0.15) is 15.9 Å². The molecule has 3 aromatic rings. The van der Waals surface area contributed by atoms with E-state index in [1.165, 1.54) is 0 Å². The summed E-state index contributed by atoms with van der Waals surface area (Å²) < 4.78 is 10.4. The zero-order valence-electron chi connectivity index (χ0n) is 18.2. The minimum atomic E-state index is -0.171. The number of hydrogen-bond acceptors (Lipinski definition) is 5. The highest BCUT2D eigenvalue weighted by molar-refractivity contribution is 6.04. The average Bonchev–Trinajstić information content (AvgIpc) is 2.80. The van der Waals surface area contributed by atoms with Crippen molar-refractivity contribution in [2.45, 2.75) is 6.92 Å². The quantitative estimate of drug-likeness (QED) is 0.414. The first-order valence-corrected chi connectivity index (χ1v) is 10.3. The number of benzene rings is 3. The highest BCUT2D eigenvalue weighted by Gasteiger charge is 2.07. The lowest BCUT2D eigenvalue weighted by molar-refractivity contribution is -0.114. The van der Waals surface area contributed by atoms with Crippen LogP contribution in [0.5, 0.6) is 5.75 Å². The minimum Gasteiger partial charge on any atom is -0.491 e. The first-order valence-electron chi connectivity index (χ1n) is 10.3. The molecular weight excluding hydrogens is 406 g/mol. The summed E-state index contributed by atoms with van der Waals surface area (Å²) in [5.74, 6) is 0.381. The van der Waals surface area contributed by atoms with Gasteiger partial charge in [-0.3, -0.25) is 9.59 Å². The van der Waals surface area contributed by atoms with E-state index in [1.807, 2.05) is 37.3 Å². The maximum atomic E-state index is 12.3. The van der Waals surface area contributed by atoms with Crippen molar-refractivity contribution < 1.29 is 19.1 Å². The summed E-state index contributed by atoms with van der Waals surface area (Å²) >= 11 is 0. The summed E-state index contributed by atoms with van der Waals surface area (Å²) in [4.78, 5) is 24.5. The van der Waals surface area contributed by atoms with Crippen LogP contribution >= 0.6 is 0 Å². The molecule has 3 aromatic carbocycles. The Bertz CT molecular complexity index is 1030. The predicted molar refractivity (Wildman–Crippen MR) is 127 cm³/mol. The number of carbonyl (C=O) groups excluding carboxylic acids is 2. The van der Waals surface area contributed by atoms with E-state index >= 15 is 0 Å². The van der Waals surface area contributed by atoms with Crippen molar-refractivity contribution in [3.8, 4) is 5.75 Å². The van der Waals surface area contributed by atoms with E-state index in [4.69, 9.17) is 9.47 Å². The van der Waals surface area contributed by atoms with Crippen LogP contribution in [0.2, 0.25) is 0 Å². The Balaban J connectivity index is 1.44. The Morgan fingerprint density at radius 1 is 0.812 bits per heavy atom. The lowest BCUT2D eigenvalue weighted by atomic mass is 10.1. The maximum absolute atomic E-state index is 12.3. The first-order chi connectivity index (χ1) is 15.5. The predicted octanol–water partition coefficient (Wildman–Crippen LogP) is 4.32. The minimum absolute atomic E-state index is 0.112. The van der Waals surface area contributed by atoms with Crippen molar-refractivity contribution in [1.29, 1.82) is 0 Å². The average molecular weight is 434 g/mol. The highest BCUT2D eigenvalue weighted by atomic mass is 16.5. The molecule has 32 heavy (non-hydrogen) atoms. The van der Waals surface area contributed by atoms with Gasteiger partial charge in [0.1, 0.15) is 12.4 Å². The summed E-state index contributed by atoms with van der Waals surface area (Å²) in [7, 11) is 1.62. The molecule has 7 nitrogen and oxygen atoms in total. The Labute approximate surface area is 187 Å². The number of anilines is 3. The molecule has 0 bridgehead atoms. The number of carbonyl (C=O) groups is 2. The van der Waals surface area contributed by atoms with E-state index in [0.29, 0.717) is 35.9 Å². The number of methoxy groups -OCH3 is 1. The molecule has 3 N–H and O–H groups in total. The molecule has 0 aliphatic rings. The summed E-state index contributed by atoms with van der Waals surface area (Å²) in [5, 5.41) is 8.76. The molecule has 0 heterocycles. The molecule has 0 saturated carbocycles. The number of ether oxygens (including phenoxy) is 2. The molecule has 7 heteroatoms. The van der Waals surface area contributed by atoms with Gasteiger partial charge in [-0.15, -0.1) is 0 Å². The Hall–Kier alpha value is -3.84. The van der Waals surface area contributed by atoms with Crippen LogP contribution in [0.25, 0.3) is 0 Å². The number of nitrogens with one attached hydrogen (secondary N) is 3. The molecule has 0 atom stereocenters. The van der Waals surface area contributed by atoms with Crippen LogP contribution in [0.15, 0.2) is 72.8 Å². The molecule has 0 unspecified atom stereocenters. The Morgan fingerprint density at radius 2 is 1.47 bits per heavy atom. The highest BCUT2D eigenvalue weighted by Crippen LogP contribution is 2.17. The van der Waals surface area contributed by atoms with Gasteiger partial charge in [-0.25, -0.2) is 0 Å². The molecule has 166 valence electrons. The second-order valence-electron chi connectivity index (χ2n) is 7.17. The normalized spacial score (nSPS) is 10.3.